The van der Waals surface area contributed by atoms with Crippen molar-refractivity contribution in [3.05, 3.63) is 11.8 Å². The summed E-state index contributed by atoms with van der Waals surface area (Å²) >= 11 is 0. The maximum absolute atomic E-state index is 9.57. The van der Waals surface area contributed by atoms with Gasteiger partial charge in [0.05, 0.1) is 0 Å². The van der Waals surface area contributed by atoms with Crippen molar-refractivity contribution in [2.75, 3.05) is 18.0 Å². The molecule has 0 aliphatic carbocycles. The fraction of sp³-hybridized carbons (Fsp3) is 0.556. The van der Waals surface area contributed by atoms with Crippen molar-refractivity contribution in [3.8, 4) is 5.75 Å². The molecule has 2 heterocycles. The van der Waals surface area contributed by atoms with E-state index >= 15 is 0 Å². The third-order valence-electron chi connectivity index (χ3n) is 2.45. The molecule has 1 fully saturated rings. The van der Waals surface area contributed by atoms with Crippen molar-refractivity contribution in [2.24, 2.45) is 0 Å². The van der Waals surface area contributed by atoms with Crippen LogP contribution in [0.4, 0.5) is 5.82 Å². The van der Waals surface area contributed by atoms with Gasteiger partial charge >= 0.3 is 0 Å². The van der Waals surface area contributed by atoms with Crippen LogP contribution in [0.3, 0.4) is 0 Å². The number of aromatic amines is 1. The van der Waals surface area contributed by atoms with Crippen molar-refractivity contribution < 1.29 is 5.11 Å². The summed E-state index contributed by atoms with van der Waals surface area (Å²) in [5.74, 6) is 0.663. The Balaban J connectivity index is 2.29. The third-order valence-corrected chi connectivity index (χ3v) is 2.45. The second-order valence-corrected chi connectivity index (χ2v) is 3.51. The van der Waals surface area contributed by atoms with Crippen LogP contribution in [0, 0.1) is 5.41 Å². The van der Waals surface area contributed by atoms with E-state index in [1.54, 1.807) is 0 Å². The van der Waals surface area contributed by atoms with E-state index in [-0.39, 0.29) is 11.4 Å². The molecule has 0 saturated carbocycles. The molecule has 0 atom stereocenters. The average molecular weight is 194 g/mol. The molecular formula is C9H14N4O. The quantitative estimate of drug-likeness (QED) is 0.612. The molecule has 0 bridgehead atoms. The topological polar surface area (TPSA) is 76.0 Å². The molecule has 0 spiro atoms. The first-order valence-corrected chi connectivity index (χ1v) is 4.85. The summed E-state index contributed by atoms with van der Waals surface area (Å²) in [6.45, 7) is 1.84. The Bertz CT molecular complexity index is 367. The SMILES string of the molecule is N=c1nc(N2CCCCC2)c(O)c[nH]1. The maximum Gasteiger partial charge on any atom is 0.221 e. The lowest BCUT2D eigenvalue weighted by atomic mass is 10.1. The van der Waals surface area contributed by atoms with Crippen molar-refractivity contribution in [1.82, 2.24) is 9.97 Å². The van der Waals surface area contributed by atoms with Gasteiger partial charge in [-0.3, -0.25) is 5.41 Å². The summed E-state index contributed by atoms with van der Waals surface area (Å²) in [6.07, 6.45) is 4.92. The van der Waals surface area contributed by atoms with E-state index in [1.165, 1.54) is 12.6 Å². The minimum absolute atomic E-state index is 0.0865. The Hall–Kier alpha value is -1.52. The van der Waals surface area contributed by atoms with Gasteiger partial charge in [0.25, 0.3) is 0 Å². The first-order chi connectivity index (χ1) is 6.77. The summed E-state index contributed by atoms with van der Waals surface area (Å²) in [5.41, 5.74) is 0.0865. The van der Waals surface area contributed by atoms with Gasteiger partial charge in [-0.05, 0) is 19.3 Å². The van der Waals surface area contributed by atoms with Crippen LogP contribution in [0.2, 0.25) is 0 Å². The maximum atomic E-state index is 9.57. The molecule has 76 valence electrons. The van der Waals surface area contributed by atoms with E-state index in [2.05, 4.69) is 9.97 Å². The van der Waals surface area contributed by atoms with Crippen LogP contribution in [0.15, 0.2) is 6.20 Å². The van der Waals surface area contributed by atoms with Crippen molar-refractivity contribution >= 4 is 5.82 Å². The lowest BCUT2D eigenvalue weighted by Crippen LogP contribution is -2.31. The van der Waals surface area contributed by atoms with Gasteiger partial charge in [-0.2, -0.15) is 4.98 Å². The highest BCUT2D eigenvalue weighted by Crippen LogP contribution is 2.24. The largest absolute Gasteiger partial charge is 0.503 e. The van der Waals surface area contributed by atoms with Crippen LogP contribution in [-0.4, -0.2) is 28.2 Å². The second kappa shape index (κ2) is 3.69. The highest BCUT2D eigenvalue weighted by atomic mass is 16.3. The van der Waals surface area contributed by atoms with E-state index in [9.17, 15) is 5.11 Å². The first-order valence-electron chi connectivity index (χ1n) is 4.85. The van der Waals surface area contributed by atoms with E-state index < -0.39 is 0 Å². The summed E-state index contributed by atoms with van der Waals surface area (Å²) < 4.78 is 0. The number of aromatic nitrogens is 2. The highest BCUT2D eigenvalue weighted by molar-refractivity contribution is 5.49. The minimum atomic E-state index is 0.0865. The number of hydrogen-bond donors (Lipinski definition) is 3. The Labute approximate surface area is 81.9 Å². The summed E-state index contributed by atoms with van der Waals surface area (Å²) in [6, 6.07) is 0. The molecule has 0 unspecified atom stereocenters. The fourth-order valence-corrected chi connectivity index (χ4v) is 1.74. The number of H-pyrrole nitrogens is 1. The van der Waals surface area contributed by atoms with Crippen molar-refractivity contribution in [2.45, 2.75) is 19.3 Å². The highest BCUT2D eigenvalue weighted by Gasteiger charge is 2.15. The average Bonchev–Trinajstić information content (AvgIpc) is 2.23. The van der Waals surface area contributed by atoms with Gasteiger partial charge in [-0.15, -0.1) is 0 Å². The van der Waals surface area contributed by atoms with Gasteiger partial charge < -0.3 is 15.0 Å². The fourth-order valence-electron chi connectivity index (χ4n) is 1.74. The van der Waals surface area contributed by atoms with Gasteiger partial charge in [0.15, 0.2) is 11.6 Å². The first kappa shape index (κ1) is 9.05. The summed E-state index contributed by atoms with van der Waals surface area (Å²) in [5, 5.41) is 16.9. The predicted molar refractivity (Wildman–Crippen MR) is 52.2 cm³/mol. The number of aromatic hydroxyl groups is 1. The van der Waals surface area contributed by atoms with Crippen LogP contribution < -0.4 is 10.5 Å². The van der Waals surface area contributed by atoms with Gasteiger partial charge in [-0.25, -0.2) is 0 Å². The van der Waals surface area contributed by atoms with Gasteiger partial charge in [0.1, 0.15) is 0 Å². The molecule has 1 aliphatic heterocycles. The van der Waals surface area contributed by atoms with E-state index in [0.29, 0.717) is 5.82 Å². The number of nitrogens with zero attached hydrogens (tertiary/aromatic N) is 2. The van der Waals surface area contributed by atoms with Gasteiger partial charge in [0, 0.05) is 19.3 Å². The number of piperidine rings is 1. The van der Waals surface area contributed by atoms with E-state index in [4.69, 9.17) is 5.41 Å². The zero-order valence-corrected chi connectivity index (χ0v) is 7.95. The van der Waals surface area contributed by atoms with Gasteiger partial charge in [-0.1, -0.05) is 0 Å². The Kier molecular flexibility index (Phi) is 2.39. The summed E-state index contributed by atoms with van der Waals surface area (Å²) in [4.78, 5) is 8.57. The second-order valence-electron chi connectivity index (χ2n) is 3.51. The van der Waals surface area contributed by atoms with Crippen molar-refractivity contribution in [1.29, 1.82) is 5.41 Å². The molecule has 0 aromatic carbocycles. The number of anilines is 1. The monoisotopic (exact) mass is 194 g/mol. The molecule has 14 heavy (non-hydrogen) atoms. The van der Waals surface area contributed by atoms with Crippen LogP contribution in [0.5, 0.6) is 5.75 Å². The molecule has 0 amide bonds. The Morgan fingerprint density at radius 3 is 2.79 bits per heavy atom. The van der Waals surface area contributed by atoms with Crippen LogP contribution in [-0.2, 0) is 0 Å². The van der Waals surface area contributed by atoms with Crippen LogP contribution >= 0.6 is 0 Å². The zero-order chi connectivity index (χ0) is 9.97. The molecule has 0 radical (unpaired) electrons. The lowest BCUT2D eigenvalue weighted by Gasteiger charge is -2.27. The molecule has 1 saturated heterocycles. The zero-order valence-electron chi connectivity index (χ0n) is 7.95. The number of hydrogen-bond acceptors (Lipinski definition) is 4. The molecule has 1 aliphatic rings. The molecule has 5 nitrogen and oxygen atoms in total. The normalized spacial score (nSPS) is 17.0. The standard InChI is InChI=1S/C9H14N4O/c10-9-11-6-7(14)8(12-9)13-4-2-1-3-5-13/h6,14H,1-5H2,(H2,10,11,12). The molecule has 1 aromatic rings. The minimum Gasteiger partial charge on any atom is -0.503 e. The molecule has 5 heteroatoms. The Morgan fingerprint density at radius 2 is 2.07 bits per heavy atom. The molecule has 3 N–H and O–H groups in total. The molecular weight excluding hydrogens is 180 g/mol. The smallest absolute Gasteiger partial charge is 0.221 e. The number of nitrogens with one attached hydrogen (secondary N) is 2. The lowest BCUT2D eigenvalue weighted by molar-refractivity contribution is 0.461. The Morgan fingerprint density at radius 1 is 1.36 bits per heavy atom. The number of rotatable bonds is 1. The molecule has 2 rings (SSSR count). The third kappa shape index (κ3) is 1.71. The van der Waals surface area contributed by atoms with E-state index in [0.717, 1.165) is 25.9 Å². The molecule has 1 aromatic heterocycles. The van der Waals surface area contributed by atoms with E-state index in [1.807, 2.05) is 4.90 Å². The van der Waals surface area contributed by atoms with Crippen LogP contribution in [0.25, 0.3) is 0 Å². The predicted octanol–water partition coefficient (Wildman–Crippen LogP) is 0.585. The van der Waals surface area contributed by atoms with Crippen LogP contribution in [0.1, 0.15) is 19.3 Å². The van der Waals surface area contributed by atoms with Crippen molar-refractivity contribution in [3.63, 3.8) is 0 Å². The summed E-state index contributed by atoms with van der Waals surface area (Å²) in [7, 11) is 0. The van der Waals surface area contributed by atoms with Gasteiger partial charge in [0.2, 0.25) is 5.62 Å².